The molecule has 2 aliphatic heterocycles. The normalized spacial score (nSPS) is 35.8. The molecule has 2 aliphatic rings. The van der Waals surface area contributed by atoms with Crippen LogP contribution < -0.4 is 0 Å². The Morgan fingerprint density at radius 1 is 1.38 bits per heavy atom. The number of hydrogen-bond acceptors (Lipinski definition) is 3. The van der Waals surface area contributed by atoms with Crippen LogP contribution >= 0.6 is 0 Å². The molecule has 0 aromatic carbocycles. The van der Waals surface area contributed by atoms with Crippen LogP contribution in [0.3, 0.4) is 0 Å². The van der Waals surface area contributed by atoms with Gasteiger partial charge in [-0.2, -0.15) is 0 Å². The van der Waals surface area contributed by atoms with Crippen LogP contribution in [0.25, 0.3) is 0 Å². The van der Waals surface area contributed by atoms with Gasteiger partial charge in [0.15, 0.2) is 0 Å². The highest BCUT2D eigenvalue weighted by Gasteiger charge is 2.22. The first kappa shape index (κ1) is 9.44. The minimum atomic E-state index is -0.0696. The maximum atomic E-state index is 9.33. The standard InChI is InChI=1S/C10H19NO2/c12-10-2-5-11(7-10)4-1-9-3-6-13-8-9/h9-10,12H,1-8H2. The van der Waals surface area contributed by atoms with E-state index in [0.717, 1.165) is 45.2 Å². The number of likely N-dealkylation sites (tertiary alicyclic amines) is 1. The van der Waals surface area contributed by atoms with E-state index in [1.165, 1.54) is 12.8 Å². The molecule has 13 heavy (non-hydrogen) atoms. The Morgan fingerprint density at radius 2 is 2.31 bits per heavy atom. The zero-order chi connectivity index (χ0) is 9.10. The van der Waals surface area contributed by atoms with Gasteiger partial charge in [-0.05, 0) is 31.7 Å². The Balaban J connectivity index is 1.62. The maximum Gasteiger partial charge on any atom is 0.0679 e. The summed E-state index contributed by atoms with van der Waals surface area (Å²) >= 11 is 0. The third kappa shape index (κ3) is 2.66. The first-order valence-corrected chi connectivity index (χ1v) is 5.33. The van der Waals surface area contributed by atoms with Crippen molar-refractivity contribution in [1.82, 2.24) is 4.90 Å². The molecular weight excluding hydrogens is 166 g/mol. The number of aliphatic hydroxyl groups excluding tert-OH is 1. The number of nitrogens with zero attached hydrogens (tertiary/aromatic N) is 1. The van der Waals surface area contributed by atoms with E-state index < -0.39 is 0 Å². The molecule has 2 fully saturated rings. The fourth-order valence-electron chi connectivity index (χ4n) is 2.19. The molecular formula is C10H19NO2. The van der Waals surface area contributed by atoms with Crippen molar-refractivity contribution in [3.05, 3.63) is 0 Å². The van der Waals surface area contributed by atoms with Gasteiger partial charge in [0, 0.05) is 26.3 Å². The summed E-state index contributed by atoms with van der Waals surface area (Å²) in [6, 6.07) is 0. The third-order valence-corrected chi connectivity index (χ3v) is 3.13. The minimum absolute atomic E-state index is 0.0696. The monoisotopic (exact) mass is 185 g/mol. The van der Waals surface area contributed by atoms with Crippen LogP contribution in [0.4, 0.5) is 0 Å². The number of ether oxygens (including phenoxy) is 1. The van der Waals surface area contributed by atoms with E-state index in [9.17, 15) is 5.11 Å². The van der Waals surface area contributed by atoms with Crippen molar-refractivity contribution in [2.75, 3.05) is 32.8 Å². The van der Waals surface area contributed by atoms with Gasteiger partial charge in [0.25, 0.3) is 0 Å². The molecule has 0 aromatic rings. The minimum Gasteiger partial charge on any atom is -0.392 e. The average Bonchev–Trinajstić information content (AvgIpc) is 2.71. The molecule has 0 bridgehead atoms. The molecule has 3 heteroatoms. The van der Waals surface area contributed by atoms with Gasteiger partial charge < -0.3 is 14.7 Å². The molecule has 0 aliphatic carbocycles. The molecule has 3 nitrogen and oxygen atoms in total. The summed E-state index contributed by atoms with van der Waals surface area (Å²) < 4.78 is 5.33. The highest BCUT2D eigenvalue weighted by molar-refractivity contribution is 4.75. The summed E-state index contributed by atoms with van der Waals surface area (Å²) in [4.78, 5) is 2.36. The maximum absolute atomic E-state index is 9.33. The molecule has 0 spiro atoms. The third-order valence-electron chi connectivity index (χ3n) is 3.13. The first-order chi connectivity index (χ1) is 6.34. The Kier molecular flexibility index (Phi) is 3.19. The van der Waals surface area contributed by atoms with Gasteiger partial charge in [0.2, 0.25) is 0 Å². The zero-order valence-corrected chi connectivity index (χ0v) is 8.11. The first-order valence-electron chi connectivity index (χ1n) is 5.33. The molecule has 0 saturated carbocycles. The van der Waals surface area contributed by atoms with Crippen LogP contribution in [0, 0.1) is 5.92 Å². The second kappa shape index (κ2) is 4.40. The van der Waals surface area contributed by atoms with E-state index in [4.69, 9.17) is 4.74 Å². The largest absolute Gasteiger partial charge is 0.392 e. The van der Waals surface area contributed by atoms with Crippen LogP contribution in [0.15, 0.2) is 0 Å². The predicted molar refractivity (Wildman–Crippen MR) is 50.6 cm³/mol. The van der Waals surface area contributed by atoms with Gasteiger partial charge >= 0.3 is 0 Å². The molecule has 2 rings (SSSR count). The van der Waals surface area contributed by atoms with Crippen LogP contribution in [0.1, 0.15) is 19.3 Å². The Bertz CT molecular complexity index is 157. The van der Waals surface area contributed by atoms with Gasteiger partial charge in [-0.1, -0.05) is 0 Å². The van der Waals surface area contributed by atoms with Gasteiger partial charge in [-0.3, -0.25) is 0 Å². The summed E-state index contributed by atoms with van der Waals surface area (Å²) in [5.74, 6) is 0.776. The predicted octanol–water partition coefficient (Wildman–Crippen LogP) is 0.480. The summed E-state index contributed by atoms with van der Waals surface area (Å²) in [5.41, 5.74) is 0. The lowest BCUT2D eigenvalue weighted by molar-refractivity contribution is 0.167. The van der Waals surface area contributed by atoms with Crippen molar-refractivity contribution in [2.45, 2.75) is 25.4 Å². The topological polar surface area (TPSA) is 32.7 Å². The highest BCUT2D eigenvalue weighted by Crippen LogP contribution is 2.18. The summed E-state index contributed by atoms with van der Waals surface area (Å²) in [5, 5.41) is 9.33. The number of β-amino-alcohol motifs (C(OH)–C–C–N with tert-alkyl or cyclic N) is 1. The van der Waals surface area contributed by atoms with E-state index in [-0.39, 0.29) is 6.10 Å². The van der Waals surface area contributed by atoms with Crippen LogP contribution in [-0.2, 0) is 4.74 Å². The van der Waals surface area contributed by atoms with E-state index in [1.54, 1.807) is 0 Å². The Morgan fingerprint density at radius 3 is 2.92 bits per heavy atom. The van der Waals surface area contributed by atoms with E-state index in [2.05, 4.69) is 4.90 Å². The fraction of sp³-hybridized carbons (Fsp3) is 1.00. The molecule has 76 valence electrons. The van der Waals surface area contributed by atoms with Gasteiger partial charge in [-0.25, -0.2) is 0 Å². The van der Waals surface area contributed by atoms with Crippen molar-refractivity contribution < 1.29 is 9.84 Å². The van der Waals surface area contributed by atoms with E-state index >= 15 is 0 Å². The zero-order valence-electron chi connectivity index (χ0n) is 8.11. The molecule has 0 radical (unpaired) electrons. The summed E-state index contributed by atoms with van der Waals surface area (Å²) in [6.07, 6.45) is 3.37. The molecule has 0 amide bonds. The van der Waals surface area contributed by atoms with Gasteiger partial charge in [-0.15, -0.1) is 0 Å². The second-order valence-corrected chi connectivity index (χ2v) is 4.26. The van der Waals surface area contributed by atoms with Crippen LogP contribution in [-0.4, -0.2) is 49.0 Å². The summed E-state index contributed by atoms with van der Waals surface area (Å²) in [6.45, 7) is 5.01. The Hall–Kier alpha value is -0.120. The summed E-state index contributed by atoms with van der Waals surface area (Å²) in [7, 11) is 0. The molecule has 2 unspecified atom stereocenters. The smallest absolute Gasteiger partial charge is 0.0679 e. The van der Waals surface area contributed by atoms with Crippen molar-refractivity contribution >= 4 is 0 Å². The van der Waals surface area contributed by atoms with Gasteiger partial charge in [0.05, 0.1) is 6.10 Å². The molecule has 1 N–H and O–H groups in total. The van der Waals surface area contributed by atoms with Crippen molar-refractivity contribution in [2.24, 2.45) is 5.92 Å². The van der Waals surface area contributed by atoms with Crippen LogP contribution in [0.2, 0.25) is 0 Å². The quantitative estimate of drug-likeness (QED) is 0.694. The number of hydrogen-bond donors (Lipinski definition) is 1. The molecule has 0 aromatic heterocycles. The number of rotatable bonds is 3. The SMILES string of the molecule is OC1CCN(CCC2CCOC2)C1. The van der Waals surface area contributed by atoms with Crippen molar-refractivity contribution in [3.63, 3.8) is 0 Å². The lowest BCUT2D eigenvalue weighted by Gasteiger charge is -2.16. The van der Waals surface area contributed by atoms with Crippen LogP contribution in [0.5, 0.6) is 0 Å². The lowest BCUT2D eigenvalue weighted by Crippen LogP contribution is -2.24. The molecule has 2 heterocycles. The van der Waals surface area contributed by atoms with Crippen molar-refractivity contribution in [3.8, 4) is 0 Å². The average molecular weight is 185 g/mol. The van der Waals surface area contributed by atoms with Crippen molar-refractivity contribution in [1.29, 1.82) is 0 Å². The lowest BCUT2D eigenvalue weighted by atomic mass is 10.1. The number of aliphatic hydroxyl groups is 1. The fourth-order valence-corrected chi connectivity index (χ4v) is 2.19. The second-order valence-electron chi connectivity index (χ2n) is 4.26. The van der Waals surface area contributed by atoms with E-state index in [0.29, 0.717) is 0 Å². The van der Waals surface area contributed by atoms with Gasteiger partial charge in [0.1, 0.15) is 0 Å². The molecule has 2 atom stereocenters. The highest BCUT2D eigenvalue weighted by atomic mass is 16.5. The van der Waals surface area contributed by atoms with E-state index in [1.807, 2.05) is 0 Å². The Labute approximate surface area is 79.7 Å². The molecule has 2 saturated heterocycles.